The molecule has 0 bridgehead atoms. The molecule has 0 spiro atoms. The second-order valence-corrected chi connectivity index (χ2v) is 5.30. The second-order valence-electron chi connectivity index (χ2n) is 3.37. The molecule has 0 unspecified atom stereocenters. The van der Waals surface area contributed by atoms with E-state index in [-0.39, 0.29) is 5.75 Å². The van der Waals surface area contributed by atoms with Gasteiger partial charge < -0.3 is 4.90 Å². The van der Waals surface area contributed by atoms with Gasteiger partial charge in [0.2, 0.25) is 10.0 Å². The van der Waals surface area contributed by atoms with Gasteiger partial charge in [-0.1, -0.05) is 13.3 Å². The summed E-state index contributed by atoms with van der Waals surface area (Å²) in [6.07, 6.45) is 1.64. The number of nitrogens with zero attached hydrogens (tertiary/aromatic N) is 1. The fourth-order valence-electron chi connectivity index (χ4n) is 0.831. The van der Waals surface area contributed by atoms with E-state index in [4.69, 9.17) is 0 Å². The summed E-state index contributed by atoms with van der Waals surface area (Å²) in [6.45, 7) is 3.22. The first-order chi connectivity index (χ1) is 5.98. The van der Waals surface area contributed by atoms with Gasteiger partial charge >= 0.3 is 0 Å². The first-order valence-corrected chi connectivity index (χ1v) is 6.25. The topological polar surface area (TPSA) is 49.4 Å². The molecular formula is C8H20N2O2S. The van der Waals surface area contributed by atoms with Crippen LogP contribution in [0.1, 0.15) is 19.8 Å². The van der Waals surface area contributed by atoms with Gasteiger partial charge in [-0.05, 0) is 20.5 Å². The van der Waals surface area contributed by atoms with Crippen molar-refractivity contribution in [3.8, 4) is 0 Å². The molecule has 0 atom stereocenters. The monoisotopic (exact) mass is 208 g/mol. The average Bonchev–Trinajstić information content (AvgIpc) is 2.00. The zero-order valence-corrected chi connectivity index (χ0v) is 9.52. The Morgan fingerprint density at radius 2 is 1.92 bits per heavy atom. The normalized spacial score (nSPS) is 12.3. The van der Waals surface area contributed by atoms with Crippen LogP contribution in [-0.2, 0) is 10.0 Å². The summed E-state index contributed by atoms with van der Waals surface area (Å²) < 4.78 is 25.0. The number of rotatable bonds is 7. The van der Waals surface area contributed by atoms with Crippen LogP contribution in [0, 0.1) is 0 Å². The lowest BCUT2D eigenvalue weighted by atomic mass is 10.4. The largest absolute Gasteiger partial charge is 0.308 e. The molecular weight excluding hydrogens is 188 g/mol. The van der Waals surface area contributed by atoms with Gasteiger partial charge in [0.05, 0.1) is 5.75 Å². The highest BCUT2D eigenvalue weighted by Gasteiger charge is 2.07. The summed E-state index contributed by atoms with van der Waals surface area (Å²) in [7, 11) is 0.818. The van der Waals surface area contributed by atoms with E-state index in [9.17, 15) is 8.42 Å². The van der Waals surface area contributed by atoms with Gasteiger partial charge in [0.1, 0.15) is 0 Å². The van der Waals surface area contributed by atoms with E-state index in [1.54, 1.807) is 0 Å². The Morgan fingerprint density at radius 3 is 2.38 bits per heavy atom. The number of sulfonamides is 1. The first kappa shape index (κ1) is 12.9. The molecule has 0 saturated heterocycles. The fourth-order valence-corrected chi connectivity index (χ4v) is 2.05. The van der Waals surface area contributed by atoms with Gasteiger partial charge in [0.15, 0.2) is 0 Å². The lowest BCUT2D eigenvalue weighted by Crippen LogP contribution is -2.32. The van der Waals surface area contributed by atoms with Gasteiger partial charge in [-0.25, -0.2) is 13.1 Å². The SMILES string of the molecule is CCCCS(=O)(=O)NCCN(C)C. The van der Waals surface area contributed by atoms with Crippen molar-refractivity contribution < 1.29 is 8.42 Å². The summed E-state index contributed by atoms with van der Waals surface area (Å²) in [6, 6.07) is 0. The van der Waals surface area contributed by atoms with E-state index in [0.717, 1.165) is 19.4 Å². The van der Waals surface area contributed by atoms with Crippen molar-refractivity contribution in [3.63, 3.8) is 0 Å². The van der Waals surface area contributed by atoms with Gasteiger partial charge in [-0.15, -0.1) is 0 Å². The third-order valence-corrected chi connectivity index (χ3v) is 3.12. The molecule has 0 aliphatic rings. The van der Waals surface area contributed by atoms with Gasteiger partial charge in [0, 0.05) is 13.1 Å². The third-order valence-electron chi connectivity index (χ3n) is 1.65. The molecule has 0 aromatic carbocycles. The van der Waals surface area contributed by atoms with Crippen LogP contribution in [0.15, 0.2) is 0 Å². The van der Waals surface area contributed by atoms with Gasteiger partial charge in [0.25, 0.3) is 0 Å². The van der Waals surface area contributed by atoms with Crippen molar-refractivity contribution in [2.75, 3.05) is 32.9 Å². The van der Waals surface area contributed by atoms with Crippen LogP contribution in [-0.4, -0.2) is 46.3 Å². The first-order valence-electron chi connectivity index (χ1n) is 4.60. The smallest absolute Gasteiger partial charge is 0.211 e. The van der Waals surface area contributed by atoms with E-state index in [1.165, 1.54) is 0 Å². The molecule has 13 heavy (non-hydrogen) atoms. The number of unbranched alkanes of at least 4 members (excludes halogenated alkanes) is 1. The summed E-state index contributed by atoms with van der Waals surface area (Å²) in [5.74, 6) is 0.247. The quantitative estimate of drug-likeness (QED) is 0.653. The summed E-state index contributed by atoms with van der Waals surface area (Å²) >= 11 is 0. The fraction of sp³-hybridized carbons (Fsp3) is 1.00. The Labute approximate surface area is 81.4 Å². The minimum atomic E-state index is -3.02. The van der Waals surface area contributed by atoms with Crippen molar-refractivity contribution in [2.45, 2.75) is 19.8 Å². The Bertz CT molecular complexity index is 212. The lowest BCUT2D eigenvalue weighted by Gasteiger charge is -2.10. The van der Waals surface area contributed by atoms with Crippen LogP contribution in [0.4, 0.5) is 0 Å². The molecule has 0 aliphatic carbocycles. The Balaban J connectivity index is 3.64. The van der Waals surface area contributed by atoms with E-state index < -0.39 is 10.0 Å². The Morgan fingerprint density at radius 1 is 1.31 bits per heavy atom. The van der Waals surface area contributed by atoms with Crippen LogP contribution in [0.25, 0.3) is 0 Å². The summed E-state index contributed by atoms with van der Waals surface area (Å²) in [4.78, 5) is 1.95. The molecule has 0 amide bonds. The number of nitrogens with one attached hydrogen (secondary N) is 1. The van der Waals surface area contributed by atoms with Crippen molar-refractivity contribution in [3.05, 3.63) is 0 Å². The zero-order valence-electron chi connectivity index (χ0n) is 8.71. The molecule has 5 heteroatoms. The molecule has 0 saturated carbocycles. The highest BCUT2D eigenvalue weighted by Crippen LogP contribution is 1.92. The summed E-state index contributed by atoms with van der Waals surface area (Å²) in [5, 5.41) is 0. The van der Waals surface area contributed by atoms with E-state index in [0.29, 0.717) is 6.54 Å². The maximum absolute atomic E-state index is 11.2. The van der Waals surface area contributed by atoms with Gasteiger partial charge in [-0.3, -0.25) is 0 Å². The van der Waals surface area contributed by atoms with Gasteiger partial charge in [-0.2, -0.15) is 0 Å². The minimum Gasteiger partial charge on any atom is -0.308 e. The molecule has 0 aromatic rings. The predicted octanol–water partition coefficient (Wildman–Crippen LogP) is 0.268. The van der Waals surface area contributed by atoms with Crippen LogP contribution >= 0.6 is 0 Å². The molecule has 80 valence electrons. The van der Waals surface area contributed by atoms with Crippen molar-refractivity contribution >= 4 is 10.0 Å². The lowest BCUT2D eigenvalue weighted by molar-refractivity contribution is 0.412. The molecule has 0 aliphatic heterocycles. The van der Waals surface area contributed by atoms with Crippen LogP contribution in [0.2, 0.25) is 0 Å². The second kappa shape index (κ2) is 6.34. The van der Waals surface area contributed by atoms with Crippen molar-refractivity contribution in [2.24, 2.45) is 0 Å². The number of likely N-dealkylation sites (N-methyl/N-ethyl adjacent to an activating group) is 1. The zero-order chi connectivity index (χ0) is 10.3. The Hall–Kier alpha value is -0.130. The highest BCUT2D eigenvalue weighted by molar-refractivity contribution is 7.89. The Kier molecular flexibility index (Phi) is 6.28. The third kappa shape index (κ3) is 8.21. The standard InChI is InChI=1S/C8H20N2O2S/c1-4-5-8-13(11,12)9-6-7-10(2)3/h9H,4-8H2,1-3H3. The molecule has 0 aromatic heterocycles. The molecule has 0 rings (SSSR count). The molecule has 0 radical (unpaired) electrons. The average molecular weight is 208 g/mol. The number of hydrogen-bond donors (Lipinski definition) is 1. The van der Waals surface area contributed by atoms with Crippen LogP contribution in [0.5, 0.6) is 0 Å². The highest BCUT2D eigenvalue weighted by atomic mass is 32.2. The molecule has 4 nitrogen and oxygen atoms in total. The number of hydrogen-bond acceptors (Lipinski definition) is 3. The predicted molar refractivity (Wildman–Crippen MR) is 55.3 cm³/mol. The molecule has 0 fully saturated rings. The maximum atomic E-state index is 11.2. The van der Waals surface area contributed by atoms with E-state index >= 15 is 0 Å². The van der Waals surface area contributed by atoms with Crippen LogP contribution in [0.3, 0.4) is 0 Å². The van der Waals surface area contributed by atoms with Crippen molar-refractivity contribution in [1.29, 1.82) is 0 Å². The van der Waals surface area contributed by atoms with E-state index in [1.807, 2.05) is 25.9 Å². The van der Waals surface area contributed by atoms with Crippen molar-refractivity contribution in [1.82, 2.24) is 9.62 Å². The summed E-state index contributed by atoms with van der Waals surface area (Å²) in [5.41, 5.74) is 0. The molecule has 0 heterocycles. The van der Waals surface area contributed by atoms with E-state index in [2.05, 4.69) is 4.72 Å². The maximum Gasteiger partial charge on any atom is 0.211 e. The minimum absolute atomic E-state index is 0.247. The molecule has 1 N–H and O–H groups in total. The van der Waals surface area contributed by atoms with Crippen LogP contribution < -0.4 is 4.72 Å².